The smallest absolute Gasteiger partial charge is 0.326 e. The van der Waals surface area contributed by atoms with Gasteiger partial charge in [0.1, 0.15) is 10.7 Å². The summed E-state index contributed by atoms with van der Waals surface area (Å²) < 4.78 is 39.4. The van der Waals surface area contributed by atoms with Crippen molar-refractivity contribution in [3.8, 4) is 0 Å². The van der Waals surface area contributed by atoms with Gasteiger partial charge in [0, 0.05) is 11.1 Å². The molecule has 0 spiro atoms. The number of thiazole rings is 2. The minimum absolute atomic E-state index is 0.113. The minimum Gasteiger partial charge on any atom is -0.326 e. The highest BCUT2D eigenvalue weighted by Gasteiger charge is 2.30. The molecule has 0 unspecified atom stereocenters. The Hall–Kier alpha value is -3.11. The number of amides is 1. The van der Waals surface area contributed by atoms with Crippen LogP contribution in [0.2, 0.25) is 0 Å². The number of aromatic nitrogens is 2. The number of fused-ring (bicyclic) bond motifs is 1. The van der Waals surface area contributed by atoms with E-state index in [0.29, 0.717) is 16.4 Å². The van der Waals surface area contributed by atoms with Crippen molar-refractivity contribution in [1.82, 2.24) is 9.97 Å². The second kappa shape index (κ2) is 8.79. The van der Waals surface area contributed by atoms with E-state index >= 15 is 0 Å². The molecule has 4 rings (SSSR count). The van der Waals surface area contributed by atoms with Crippen molar-refractivity contribution in [2.75, 3.05) is 5.32 Å². The van der Waals surface area contributed by atoms with Crippen LogP contribution in [0.25, 0.3) is 10.2 Å². The monoisotopic (exact) mass is 475 g/mol. The average molecular weight is 476 g/mol. The van der Waals surface area contributed by atoms with Crippen LogP contribution >= 0.6 is 22.7 Å². The first-order valence-electron chi connectivity index (χ1n) is 9.46. The number of ketones is 1. The Morgan fingerprint density at radius 1 is 1.12 bits per heavy atom. The van der Waals surface area contributed by atoms with Gasteiger partial charge in [-0.2, -0.15) is 13.2 Å². The first-order valence-corrected chi connectivity index (χ1v) is 11.2. The molecule has 164 valence electrons. The number of alkyl halides is 3. The number of carbonyl (C=O) groups excluding carboxylic acids is 2. The summed E-state index contributed by atoms with van der Waals surface area (Å²) in [6.07, 6.45) is -4.50. The van der Waals surface area contributed by atoms with Gasteiger partial charge in [-0.3, -0.25) is 9.59 Å². The highest BCUT2D eigenvalue weighted by Crippen LogP contribution is 2.31. The van der Waals surface area contributed by atoms with E-state index in [0.717, 1.165) is 27.9 Å². The molecule has 0 bridgehead atoms. The molecular formula is C22H16F3N3O2S2. The molecule has 0 fully saturated rings. The quantitative estimate of drug-likeness (QED) is 0.364. The molecule has 0 saturated heterocycles. The first kappa shape index (κ1) is 22.1. The van der Waals surface area contributed by atoms with Crippen LogP contribution in [-0.4, -0.2) is 21.7 Å². The number of aryl methyl sites for hydroxylation is 1. The third-order valence-electron chi connectivity index (χ3n) is 4.66. The molecule has 0 saturated carbocycles. The molecule has 0 aliphatic rings. The van der Waals surface area contributed by atoms with E-state index in [4.69, 9.17) is 0 Å². The Bertz CT molecular complexity index is 1300. The predicted octanol–water partition coefficient (Wildman–Crippen LogP) is 5.69. The van der Waals surface area contributed by atoms with Crippen LogP contribution in [0.1, 0.15) is 32.2 Å². The summed E-state index contributed by atoms with van der Waals surface area (Å²) >= 11 is 2.71. The summed E-state index contributed by atoms with van der Waals surface area (Å²) in [5.41, 5.74) is 3.58. The first-order chi connectivity index (χ1) is 15.2. The molecule has 5 nitrogen and oxygen atoms in total. The van der Waals surface area contributed by atoms with Crippen LogP contribution in [0.4, 0.5) is 18.9 Å². The molecule has 2 heterocycles. The molecule has 2 aromatic carbocycles. The number of hydrogen-bond donors (Lipinski definition) is 1. The molecule has 4 aromatic rings. The molecule has 0 aliphatic carbocycles. The van der Waals surface area contributed by atoms with Crippen LogP contribution in [0, 0.1) is 6.92 Å². The van der Waals surface area contributed by atoms with E-state index < -0.39 is 17.6 Å². The maximum atomic E-state index is 12.9. The molecule has 32 heavy (non-hydrogen) atoms. The largest absolute Gasteiger partial charge is 0.416 e. The van der Waals surface area contributed by atoms with E-state index in [-0.39, 0.29) is 24.2 Å². The maximum Gasteiger partial charge on any atom is 0.416 e. The zero-order valence-corrected chi connectivity index (χ0v) is 18.3. The van der Waals surface area contributed by atoms with Crippen LogP contribution in [0.5, 0.6) is 0 Å². The van der Waals surface area contributed by atoms with E-state index in [9.17, 15) is 22.8 Å². The highest BCUT2D eigenvalue weighted by atomic mass is 32.1. The van der Waals surface area contributed by atoms with Crippen LogP contribution in [0.15, 0.2) is 47.3 Å². The molecule has 0 atom stereocenters. The van der Waals surface area contributed by atoms with Crippen LogP contribution < -0.4 is 5.32 Å². The van der Waals surface area contributed by atoms with Gasteiger partial charge in [0.25, 0.3) is 0 Å². The van der Waals surface area contributed by atoms with Crippen LogP contribution in [0.3, 0.4) is 0 Å². The van der Waals surface area contributed by atoms with Gasteiger partial charge >= 0.3 is 6.18 Å². The Morgan fingerprint density at radius 2 is 1.94 bits per heavy atom. The summed E-state index contributed by atoms with van der Waals surface area (Å²) in [4.78, 5) is 33.3. The standard InChI is InChI=1S/C22H16F3N3O2S2/c1-12-5-15(27-19(30)7-13-3-2-4-14(6-13)22(23,24)25)8-18-21(12)28-20(32-18)9-17(29)16-10-31-11-26-16/h2-6,8,10-11H,7,9H2,1H3,(H,27,30). The third-order valence-corrected chi connectivity index (χ3v) is 6.25. The lowest BCUT2D eigenvalue weighted by molar-refractivity contribution is -0.137. The zero-order valence-electron chi connectivity index (χ0n) is 16.7. The summed E-state index contributed by atoms with van der Waals surface area (Å²) in [6, 6.07) is 8.21. The number of anilines is 1. The fourth-order valence-corrected chi connectivity index (χ4v) is 4.86. The molecule has 2 aromatic heterocycles. The predicted molar refractivity (Wildman–Crippen MR) is 118 cm³/mol. The number of hydrogen-bond acceptors (Lipinski definition) is 6. The number of Topliss-reactive ketones (excluding diaryl/α,β-unsaturated/α-hetero) is 1. The number of nitrogens with one attached hydrogen (secondary N) is 1. The lowest BCUT2D eigenvalue weighted by Gasteiger charge is -2.10. The van der Waals surface area contributed by atoms with Gasteiger partial charge in [-0.05, 0) is 36.2 Å². The van der Waals surface area contributed by atoms with Crippen molar-refractivity contribution < 1.29 is 22.8 Å². The molecular weight excluding hydrogens is 459 g/mol. The number of rotatable bonds is 6. The van der Waals surface area contributed by atoms with E-state index in [2.05, 4.69) is 15.3 Å². The van der Waals surface area contributed by atoms with E-state index in [1.165, 1.54) is 34.8 Å². The zero-order chi connectivity index (χ0) is 22.9. The fraction of sp³-hybridized carbons (Fsp3) is 0.182. The van der Waals surface area contributed by atoms with Crippen molar-refractivity contribution in [3.63, 3.8) is 0 Å². The molecule has 0 aliphatic heterocycles. The maximum absolute atomic E-state index is 12.9. The SMILES string of the molecule is Cc1cc(NC(=O)Cc2cccc(C(F)(F)F)c2)cc2sc(CC(=O)c3cscn3)nc12. The normalized spacial score (nSPS) is 11.6. The Morgan fingerprint density at radius 3 is 2.66 bits per heavy atom. The molecule has 10 heteroatoms. The number of benzene rings is 2. The Kier molecular flexibility index (Phi) is 6.07. The summed E-state index contributed by atoms with van der Waals surface area (Å²) in [5, 5.41) is 5.08. The number of carbonyl (C=O) groups is 2. The van der Waals surface area contributed by atoms with E-state index in [1.54, 1.807) is 23.0 Å². The molecule has 1 N–H and O–H groups in total. The van der Waals surface area contributed by atoms with Crippen molar-refractivity contribution in [3.05, 3.63) is 74.7 Å². The van der Waals surface area contributed by atoms with Crippen molar-refractivity contribution >= 4 is 50.3 Å². The highest BCUT2D eigenvalue weighted by molar-refractivity contribution is 7.18. The topological polar surface area (TPSA) is 72.0 Å². The van der Waals surface area contributed by atoms with Gasteiger partial charge in [0.2, 0.25) is 5.91 Å². The van der Waals surface area contributed by atoms with Gasteiger partial charge in [-0.15, -0.1) is 22.7 Å². The summed E-state index contributed by atoms with van der Waals surface area (Å²) in [5.74, 6) is -0.538. The summed E-state index contributed by atoms with van der Waals surface area (Å²) in [6.45, 7) is 1.84. The van der Waals surface area contributed by atoms with Crippen molar-refractivity contribution in [1.29, 1.82) is 0 Å². The average Bonchev–Trinajstić information content (AvgIpc) is 3.37. The third kappa shape index (κ3) is 5.03. The van der Waals surface area contributed by atoms with Gasteiger partial charge in [-0.1, -0.05) is 18.2 Å². The second-order valence-corrected chi connectivity index (χ2v) is 8.98. The van der Waals surface area contributed by atoms with Gasteiger partial charge < -0.3 is 5.32 Å². The Balaban J connectivity index is 1.48. The molecule has 0 radical (unpaired) electrons. The van der Waals surface area contributed by atoms with Gasteiger partial charge in [-0.25, -0.2) is 9.97 Å². The minimum atomic E-state index is -4.46. The Labute approximate surface area is 189 Å². The van der Waals surface area contributed by atoms with Crippen molar-refractivity contribution in [2.45, 2.75) is 25.9 Å². The van der Waals surface area contributed by atoms with Crippen molar-refractivity contribution in [2.24, 2.45) is 0 Å². The van der Waals surface area contributed by atoms with Gasteiger partial charge in [0.15, 0.2) is 5.78 Å². The second-order valence-electron chi connectivity index (χ2n) is 7.14. The number of nitrogens with zero attached hydrogens (tertiary/aromatic N) is 2. The fourth-order valence-electron chi connectivity index (χ4n) is 3.22. The lowest BCUT2D eigenvalue weighted by Crippen LogP contribution is -2.15. The molecule has 1 amide bonds. The summed E-state index contributed by atoms with van der Waals surface area (Å²) in [7, 11) is 0. The lowest BCUT2D eigenvalue weighted by atomic mass is 10.1. The van der Waals surface area contributed by atoms with E-state index in [1.807, 2.05) is 6.92 Å². The number of halogens is 3. The van der Waals surface area contributed by atoms with Gasteiger partial charge in [0.05, 0.1) is 34.1 Å². The van der Waals surface area contributed by atoms with Crippen LogP contribution in [-0.2, 0) is 23.8 Å².